The summed E-state index contributed by atoms with van der Waals surface area (Å²) in [6, 6.07) is 9.73. The van der Waals surface area contributed by atoms with E-state index in [1.165, 1.54) is 17.3 Å². The molecule has 0 bridgehead atoms. The molecule has 0 radical (unpaired) electrons. The summed E-state index contributed by atoms with van der Waals surface area (Å²) in [4.78, 5) is 17.9. The van der Waals surface area contributed by atoms with Gasteiger partial charge in [-0.25, -0.2) is 8.42 Å². The summed E-state index contributed by atoms with van der Waals surface area (Å²) in [7, 11) is -2.88. The molecule has 2 aliphatic rings. The van der Waals surface area contributed by atoms with Crippen molar-refractivity contribution in [1.29, 1.82) is 5.26 Å². The van der Waals surface area contributed by atoms with Crippen molar-refractivity contribution in [1.82, 2.24) is 9.88 Å². The van der Waals surface area contributed by atoms with Crippen LogP contribution in [0.4, 0.5) is 5.69 Å². The summed E-state index contributed by atoms with van der Waals surface area (Å²) in [6.45, 7) is 6.54. The van der Waals surface area contributed by atoms with Gasteiger partial charge in [0, 0.05) is 37.1 Å². The monoisotopic (exact) mass is 480 g/mol. The van der Waals surface area contributed by atoms with Gasteiger partial charge in [0.25, 0.3) is 5.91 Å². The van der Waals surface area contributed by atoms with Crippen LogP contribution in [-0.4, -0.2) is 55.3 Å². The molecule has 8 heteroatoms. The van der Waals surface area contributed by atoms with Gasteiger partial charge in [-0.1, -0.05) is 26.0 Å². The summed E-state index contributed by atoms with van der Waals surface area (Å²) < 4.78 is 23.4. The van der Waals surface area contributed by atoms with Crippen LogP contribution in [0.3, 0.4) is 0 Å². The van der Waals surface area contributed by atoms with Crippen molar-refractivity contribution < 1.29 is 13.2 Å². The van der Waals surface area contributed by atoms with Gasteiger partial charge in [0.2, 0.25) is 0 Å². The van der Waals surface area contributed by atoms with Crippen molar-refractivity contribution in [2.75, 3.05) is 36.5 Å². The molecule has 2 N–H and O–H groups in total. The number of rotatable bonds is 6. The molecule has 7 nitrogen and oxygen atoms in total. The smallest absolute Gasteiger partial charge is 0.272 e. The fourth-order valence-electron chi connectivity index (χ4n) is 4.48. The lowest BCUT2D eigenvalue weighted by atomic mass is 9.76. The number of nitriles is 1. The average Bonchev–Trinajstić information content (AvgIpc) is 3.29. The van der Waals surface area contributed by atoms with Gasteiger partial charge < -0.3 is 15.2 Å². The van der Waals surface area contributed by atoms with Gasteiger partial charge in [-0.2, -0.15) is 5.26 Å². The number of sulfone groups is 1. The minimum atomic E-state index is -2.88. The number of anilines is 1. The Morgan fingerprint density at radius 2 is 2.00 bits per heavy atom. The van der Waals surface area contributed by atoms with Crippen LogP contribution in [0, 0.1) is 16.7 Å². The first-order valence-electron chi connectivity index (χ1n) is 11.8. The second-order valence-corrected chi connectivity index (χ2v) is 12.4. The molecule has 1 aliphatic carbocycles. The summed E-state index contributed by atoms with van der Waals surface area (Å²) in [5.41, 5.74) is 5.25. The van der Waals surface area contributed by atoms with E-state index < -0.39 is 9.84 Å². The van der Waals surface area contributed by atoms with Crippen LogP contribution in [0.2, 0.25) is 0 Å². The highest BCUT2D eigenvalue weighted by atomic mass is 32.2. The lowest BCUT2D eigenvalue weighted by Crippen LogP contribution is -2.41. The Bertz CT molecular complexity index is 1240. The summed E-state index contributed by atoms with van der Waals surface area (Å²) >= 11 is 0. The molecule has 1 aliphatic heterocycles. The molecular formula is C26H32N4O3S. The average molecular weight is 481 g/mol. The minimum Gasteiger partial charge on any atom is -0.356 e. The molecule has 34 heavy (non-hydrogen) atoms. The van der Waals surface area contributed by atoms with E-state index in [1.807, 2.05) is 18.2 Å². The molecule has 0 saturated carbocycles. The van der Waals surface area contributed by atoms with Gasteiger partial charge in [0.15, 0.2) is 9.84 Å². The second-order valence-electron chi connectivity index (χ2n) is 10.1. The maximum atomic E-state index is 12.8. The van der Waals surface area contributed by atoms with Crippen molar-refractivity contribution in [3.05, 3.63) is 58.9 Å². The summed E-state index contributed by atoms with van der Waals surface area (Å²) in [5, 5.41) is 12.1. The second kappa shape index (κ2) is 9.77. The van der Waals surface area contributed by atoms with Crippen LogP contribution >= 0.6 is 0 Å². The van der Waals surface area contributed by atoms with Crippen molar-refractivity contribution in [3.63, 3.8) is 0 Å². The zero-order valence-corrected chi connectivity index (χ0v) is 20.7. The number of hydrogen-bond donors (Lipinski definition) is 2. The Morgan fingerprint density at radius 3 is 2.65 bits per heavy atom. The number of carbonyl (C=O) groups is 1. The first-order valence-corrected chi connectivity index (χ1v) is 13.6. The zero-order valence-electron chi connectivity index (χ0n) is 19.9. The number of amides is 1. The Kier molecular flexibility index (Phi) is 6.96. The van der Waals surface area contributed by atoms with E-state index in [0.717, 1.165) is 43.5 Å². The standard InChI is InChI=1S/C26H32N4O3S/c1-26(2)8-5-21(6-9-26)22-15-19(7-10-30-11-13-34(32,33)14-12-30)3-4-23(22)29-25(31)24-16-20(17-27)18-28-24/h3-5,15-16,18,28H,6-14H2,1-2H3,(H,29,31). The maximum Gasteiger partial charge on any atom is 0.272 e. The molecule has 1 fully saturated rings. The normalized spacial score (nSPS) is 19.7. The van der Waals surface area contributed by atoms with E-state index in [4.69, 9.17) is 5.26 Å². The summed E-state index contributed by atoms with van der Waals surface area (Å²) in [5.74, 6) is 0.192. The molecule has 1 aromatic carbocycles. The van der Waals surface area contributed by atoms with Gasteiger partial charge >= 0.3 is 0 Å². The number of hydrogen-bond acceptors (Lipinski definition) is 5. The van der Waals surface area contributed by atoms with E-state index in [9.17, 15) is 13.2 Å². The van der Waals surface area contributed by atoms with E-state index in [1.54, 1.807) is 6.07 Å². The van der Waals surface area contributed by atoms with Crippen LogP contribution in [0.5, 0.6) is 0 Å². The Hall–Kier alpha value is -2.89. The van der Waals surface area contributed by atoms with Gasteiger partial charge in [0.05, 0.1) is 17.1 Å². The van der Waals surface area contributed by atoms with Crippen molar-refractivity contribution in [2.24, 2.45) is 5.41 Å². The number of aromatic nitrogens is 1. The maximum absolute atomic E-state index is 12.8. The highest BCUT2D eigenvalue weighted by Crippen LogP contribution is 2.40. The van der Waals surface area contributed by atoms with Gasteiger partial charge in [-0.15, -0.1) is 0 Å². The van der Waals surface area contributed by atoms with Crippen molar-refractivity contribution in [3.8, 4) is 6.07 Å². The highest BCUT2D eigenvalue weighted by molar-refractivity contribution is 7.91. The molecule has 1 aromatic heterocycles. The van der Waals surface area contributed by atoms with Crippen LogP contribution in [0.25, 0.3) is 5.57 Å². The fraction of sp³-hybridized carbons (Fsp3) is 0.462. The number of nitrogens with one attached hydrogen (secondary N) is 2. The van der Waals surface area contributed by atoms with Gasteiger partial charge in [-0.05, 0) is 60.4 Å². The van der Waals surface area contributed by atoms with Gasteiger partial charge in [0.1, 0.15) is 11.8 Å². The first kappa shape index (κ1) is 24.2. The number of allylic oxidation sites excluding steroid dienone is 2. The van der Waals surface area contributed by atoms with Gasteiger partial charge in [-0.3, -0.25) is 4.79 Å². The quantitative estimate of drug-likeness (QED) is 0.650. The minimum absolute atomic E-state index is 0.234. The number of H-pyrrole nitrogens is 1. The number of aromatic amines is 1. The Balaban J connectivity index is 1.54. The van der Waals surface area contributed by atoms with E-state index in [-0.39, 0.29) is 22.8 Å². The molecule has 0 unspecified atom stereocenters. The van der Waals surface area contributed by atoms with Crippen LogP contribution in [0.1, 0.15) is 60.3 Å². The Labute approximate surface area is 201 Å². The number of nitrogens with zero attached hydrogens (tertiary/aromatic N) is 2. The van der Waals surface area contributed by atoms with Crippen LogP contribution < -0.4 is 5.32 Å². The third-order valence-electron chi connectivity index (χ3n) is 6.86. The molecule has 1 amide bonds. The molecule has 2 heterocycles. The van der Waals surface area contributed by atoms with Crippen molar-refractivity contribution in [2.45, 2.75) is 39.5 Å². The Morgan fingerprint density at radius 1 is 1.24 bits per heavy atom. The molecule has 4 rings (SSSR count). The molecular weight excluding hydrogens is 448 g/mol. The predicted molar refractivity (Wildman–Crippen MR) is 134 cm³/mol. The molecule has 0 spiro atoms. The fourth-order valence-corrected chi connectivity index (χ4v) is 5.76. The molecule has 180 valence electrons. The van der Waals surface area contributed by atoms with Crippen LogP contribution in [0.15, 0.2) is 36.5 Å². The lowest BCUT2D eigenvalue weighted by molar-refractivity contribution is 0.102. The lowest BCUT2D eigenvalue weighted by Gasteiger charge is -2.30. The third-order valence-corrected chi connectivity index (χ3v) is 8.47. The van der Waals surface area contributed by atoms with Crippen LogP contribution in [-0.2, 0) is 16.3 Å². The topological polar surface area (TPSA) is 106 Å². The molecule has 2 aromatic rings. The predicted octanol–water partition coefficient (Wildman–Crippen LogP) is 4.01. The largest absolute Gasteiger partial charge is 0.356 e. The number of benzene rings is 1. The molecule has 1 saturated heterocycles. The molecule has 0 atom stereocenters. The van der Waals surface area contributed by atoms with E-state index >= 15 is 0 Å². The number of carbonyl (C=O) groups excluding carboxylic acids is 1. The van der Waals surface area contributed by atoms with E-state index in [0.29, 0.717) is 24.3 Å². The van der Waals surface area contributed by atoms with E-state index in [2.05, 4.69) is 41.2 Å². The van der Waals surface area contributed by atoms with Crippen molar-refractivity contribution >= 4 is 27.0 Å². The summed E-state index contributed by atoms with van der Waals surface area (Å²) in [6.07, 6.45) is 7.66. The SMILES string of the molecule is CC1(C)CC=C(c2cc(CCN3CCS(=O)(=O)CC3)ccc2NC(=O)c2cc(C#N)c[nH]2)CC1. The first-order chi connectivity index (χ1) is 16.1. The highest BCUT2D eigenvalue weighted by Gasteiger charge is 2.24. The zero-order chi connectivity index (χ0) is 24.3. The third kappa shape index (κ3) is 5.96.